The molecule has 0 aromatic heterocycles. The molecule has 0 unspecified atom stereocenters. The molecule has 10 N–H and O–H groups in total. The number of carboxylic acid groups (broad SMARTS) is 1. The van der Waals surface area contributed by atoms with Gasteiger partial charge in [-0.05, 0) is 0 Å². The summed E-state index contributed by atoms with van der Waals surface area (Å²) in [5.41, 5.74) is 0. The van der Waals surface area contributed by atoms with Crippen molar-refractivity contribution in [3.05, 3.63) is 0 Å². The van der Waals surface area contributed by atoms with E-state index in [0.29, 0.717) is 0 Å². The maximum Gasteiger partial charge on any atom is 2.00 e. The summed E-state index contributed by atoms with van der Waals surface area (Å²) in [4.78, 5) is 30.6. The molecule has 0 aliphatic carbocycles. The second-order valence-electron chi connectivity index (χ2n) is 1.03. The molecule has 76 valence electrons. The van der Waals surface area contributed by atoms with E-state index < -0.39 is 13.8 Å². The summed E-state index contributed by atoms with van der Waals surface area (Å²) in [5, 5.41) is 7.42. The van der Waals surface area contributed by atoms with Crippen LogP contribution in [0.4, 0.5) is 0 Å². The predicted octanol–water partition coefficient (Wildman–Crippen LogP) is -0.669. The van der Waals surface area contributed by atoms with Gasteiger partial charge in [0.25, 0.3) is 5.97 Å². The number of hydrogen-bond donors (Lipinski definition) is 6. The quantitative estimate of drug-likeness (QED) is 0.228. The summed E-state index contributed by atoms with van der Waals surface area (Å²) in [7, 11) is -4.64. The summed E-state index contributed by atoms with van der Waals surface area (Å²) in [6.45, 7) is 1.08. The molecule has 0 amide bonds. The van der Waals surface area contributed by atoms with Gasteiger partial charge in [0.1, 0.15) is 0 Å². The van der Waals surface area contributed by atoms with Crippen molar-refractivity contribution >= 4 is 36.8 Å². The predicted molar refractivity (Wildman–Crippen MR) is 45.6 cm³/mol. The molecular weight excluding hydrogens is 203 g/mol. The van der Waals surface area contributed by atoms with E-state index in [2.05, 4.69) is 0 Å². The van der Waals surface area contributed by atoms with Gasteiger partial charge in [-0.2, -0.15) is 0 Å². The number of aliphatic carboxylic acids is 1. The maximum atomic E-state index is 9.00. The number of rotatable bonds is 0. The Morgan fingerprint density at radius 2 is 1.25 bits per heavy atom. The number of carbonyl (C=O) groups is 1. The van der Waals surface area contributed by atoms with Gasteiger partial charge in [-0.3, -0.25) is 4.79 Å². The molecule has 0 aliphatic rings. The Morgan fingerprint density at radius 3 is 1.25 bits per heavy atom. The van der Waals surface area contributed by atoms with Crippen LogP contribution in [0, 0.1) is 0 Å². The zero-order valence-corrected chi connectivity index (χ0v) is 8.98. The Kier molecular flexibility index (Phi) is 34.0. The zero-order chi connectivity index (χ0) is 8.08. The Bertz CT molecular complexity index is 132. The summed E-state index contributed by atoms with van der Waals surface area (Å²) < 4.78 is 8.88. The van der Waals surface area contributed by atoms with Crippen molar-refractivity contribution in [2.75, 3.05) is 0 Å². The van der Waals surface area contributed by atoms with Gasteiger partial charge in [0, 0.05) is 6.92 Å². The van der Waals surface area contributed by atoms with Gasteiger partial charge >= 0.3 is 30.9 Å². The van der Waals surface area contributed by atoms with Gasteiger partial charge in [0.05, 0.1) is 0 Å². The SMILES string of the molecule is CC(=O)O.N.N.O=P(O)(O)O.[H-].[H-].[Mg+2]. The van der Waals surface area contributed by atoms with Crippen molar-refractivity contribution in [1.82, 2.24) is 12.3 Å². The molecule has 0 bridgehead atoms. The second kappa shape index (κ2) is 13.8. The average molecular weight is 218 g/mol. The summed E-state index contributed by atoms with van der Waals surface area (Å²) in [6, 6.07) is 0. The van der Waals surface area contributed by atoms with Gasteiger partial charge in [0.15, 0.2) is 0 Å². The number of phosphoric acid groups is 1. The van der Waals surface area contributed by atoms with Gasteiger partial charge < -0.3 is 34.9 Å². The molecule has 0 heterocycles. The van der Waals surface area contributed by atoms with E-state index >= 15 is 0 Å². The Hall–Kier alpha value is 0.266. The molecule has 0 spiro atoms. The fourth-order valence-electron chi connectivity index (χ4n) is 0. The topological polar surface area (TPSA) is 185 Å². The molecule has 0 fully saturated rings. The molecule has 0 atom stereocenters. The maximum absolute atomic E-state index is 9.00. The van der Waals surface area contributed by atoms with Crippen LogP contribution in [0.3, 0.4) is 0 Å². The van der Waals surface area contributed by atoms with Crippen LogP contribution in [-0.4, -0.2) is 48.8 Å². The molecule has 0 aromatic carbocycles. The van der Waals surface area contributed by atoms with Gasteiger partial charge in [-0.15, -0.1) is 0 Å². The second-order valence-corrected chi connectivity index (χ2v) is 2.06. The van der Waals surface area contributed by atoms with E-state index in [1.807, 2.05) is 0 Å². The van der Waals surface area contributed by atoms with Crippen molar-refractivity contribution < 1.29 is 32.0 Å². The van der Waals surface area contributed by atoms with Crippen LogP contribution >= 0.6 is 7.82 Å². The van der Waals surface area contributed by atoms with Crippen LogP contribution < -0.4 is 12.3 Å². The first kappa shape index (κ1) is 29.5. The first-order valence-electron chi connectivity index (χ1n) is 1.71. The van der Waals surface area contributed by atoms with E-state index in [1.54, 1.807) is 0 Å². The van der Waals surface area contributed by atoms with Crippen molar-refractivity contribution in [2.24, 2.45) is 0 Å². The molecule has 10 heteroatoms. The molecular formula is C2H15MgN2O6P. The van der Waals surface area contributed by atoms with Crippen LogP contribution in [-0.2, 0) is 9.36 Å². The van der Waals surface area contributed by atoms with Crippen molar-refractivity contribution in [2.45, 2.75) is 6.92 Å². The third-order valence-corrected chi connectivity index (χ3v) is 0. The van der Waals surface area contributed by atoms with E-state index in [9.17, 15) is 0 Å². The van der Waals surface area contributed by atoms with Gasteiger partial charge in [-0.1, -0.05) is 0 Å². The van der Waals surface area contributed by atoms with Crippen LogP contribution in [0.5, 0.6) is 0 Å². The molecule has 0 aliphatic heterocycles. The Labute approximate surface area is 88.5 Å². The summed E-state index contributed by atoms with van der Waals surface area (Å²) in [6.07, 6.45) is 0. The van der Waals surface area contributed by atoms with Crippen LogP contribution in [0.15, 0.2) is 0 Å². The molecule has 0 radical (unpaired) electrons. The fourth-order valence-corrected chi connectivity index (χ4v) is 0. The van der Waals surface area contributed by atoms with Crippen LogP contribution in [0.25, 0.3) is 0 Å². The minimum absolute atomic E-state index is 0. The summed E-state index contributed by atoms with van der Waals surface area (Å²) in [5.74, 6) is -0.833. The largest absolute Gasteiger partial charge is 2.00 e. The van der Waals surface area contributed by atoms with Crippen LogP contribution in [0.1, 0.15) is 9.78 Å². The molecule has 0 aromatic rings. The van der Waals surface area contributed by atoms with Crippen LogP contribution in [0.2, 0.25) is 0 Å². The van der Waals surface area contributed by atoms with Crippen molar-refractivity contribution in [3.8, 4) is 0 Å². The molecule has 8 nitrogen and oxygen atoms in total. The third-order valence-electron chi connectivity index (χ3n) is 0. The minimum Gasteiger partial charge on any atom is -1.00 e. The fraction of sp³-hybridized carbons (Fsp3) is 0.500. The zero-order valence-electron chi connectivity index (χ0n) is 8.67. The minimum atomic E-state index is -4.64. The Morgan fingerprint density at radius 1 is 1.25 bits per heavy atom. The molecule has 0 rings (SSSR count). The smallest absolute Gasteiger partial charge is 1.00 e. The van der Waals surface area contributed by atoms with E-state index in [0.717, 1.165) is 6.92 Å². The monoisotopic (exact) mass is 218 g/mol. The van der Waals surface area contributed by atoms with E-state index in [1.165, 1.54) is 0 Å². The Balaban J connectivity index is -0.0000000104. The van der Waals surface area contributed by atoms with E-state index in [4.69, 9.17) is 29.1 Å². The number of carboxylic acids is 1. The molecule has 0 saturated carbocycles. The normalized spacial score (nSPS) is 7.00. The van der Waals surface area contributed by atoms with E-state index in [-0.39, 0.29) is 38.2 Å². The first-order valence-corrected chi connectivity index (χ1v) is 3.28. The number of hydrogen-bond acceptors (Lipinski definition) is 4. The summed E-state index contributed by atoms with van der Waals surface area (Å²) >= 11 is 0. The van der Waals surface area contributed by atoms with Crippen molar-refractivity contribution in [3.63, 3.8) is 0 Å². The van der Waals surface area contributed by atoms with Crippen molar-refractivity contribution in [1.29, 1.82) is 0 Å². The van der Waals surface area contributed by atoms with Gasteiger partial charge in [0.2, 0.25) is 0 Å². The average Bonchev–Trinajstić information content (AvgIpc) is 1.19. The molecule has 0 saturated heterocycles. The third kappa shape index (κ3) is 12400. The standard InChI is InChI=1S/C2H4O2.Mg.2H3N.H3O4P.2H/c1-2(3)4;;;;1-5(2,3)4;;/h1H3,(H,3,4);;2*1H3;(H3,1,2,3,4);;/q;+2;;;;2*-1. The molecule has 12 heavy (non-hydrogen) atoms. The van der Waals surface area contributed by atoms with Gasteiger partial charge in [-0.25, -0.2) is 4.57 Å². The first-order chi connectivity index (χ1) is 3.73.